The van der Waals surface area contributed by atoms with E-state index in [0.29, 0.717) is 24.2 Å². The molecule has 0 fully saturated rings. The lowest BCUT2D eigenvalue weighted by molar-refractivity contribution is -0.120. The van der Waals surface area contributed by atoms with Crippen LogP contribution in [0.2, 0.25) is 0 Å². The molecule has 0 unspecified atom stereocenters. The molecular formula is C21H25N3O2S. The third-order valence-electron chi connectivity index (χ3n) is 3.81. The van der Waals surface area contributed by atoms with Crippen molar-refractivity contribution < 1.29 is 9.59 Å². The number of carbonyl (C=O) groups excluding carboxylic acids is 2. The first-order valence-electron chi connectivity index (χ1n) is 8.97. The Morgan fingerprint density at radius 3 is 2.37 bits per heavy atom. The van der Waals surface area contributed by atoms with Crippen LogP contribution in [0.15, 0.2) is 54.6 Å². The van der Waals surface area contributed by atoms with Crippen LogP contribution in [0, 0.1) is 5.92 Å². The summed E-state index contributed by atoms with van der Waals surface area (Å²) >= 11 is 5.19. The molecule has 6 heteroatoms. The van der Waals surface area contributed by atoms with Crippen LogP contribution < -0.4 is 16.0 Å². The van der Waals surface area contributed by atoms with Gasteiger partial charge >= 0.3 is 0 Å². The van der Waals surface area contributed by atoms with Gasteiger partial charge in [-0.2, -0.15) is 0 Å². The Balaban J connectivity index is 1.92. The van der Waals surface area contributed by atoms with E-state index in [1.54, 1.807) is 18.2 Å². The van der Waals surface area contributed by atoms with Crippen molar-refractivity contribution >= 4 is 34.8 Å². The fraction of sp³-hybridized carbons (Fsp3) is 0.286. The van der Waals surface area contributed by atoms with Gasteiger partial charge in [-0.05, 0) is 42.3 Å². The molecule has 0 saturated carbocycles. The quantitative estimate of drug-likeness (QED) is 0.640. The van der Waals surface area contributed by atoms with Gasteiger partial charge in [0.2, 0.25) is 5.91 Å². The maximum atomic E-state index is 12.5. The molecule has 0 bridgehead atoms. The maximum absolute atomic E-state index is 12.5. The van der Waals surface area contributed by atoms with Crippen molar-refractivity contribution in [3.05, 3.63) is 65.7 Å². The summed E-state index contributed by atoms with van der Waals surface area (Å²) in [5.74, 6) is -0.0897. The highest BCUT2D eigenvalue weighted by molar-refractivity contribution is 7.80. The van der Waals surface area contributed by atoms with E-state index in [9.17, 15) is 9.59 Å². The van der Waals surface area contributed by atoms with E-state index in [1.807, 2.05) is 50.2 Å². The Bertz CT molecular complexity index is 791. The molecule has 0 saturated heterocycles. The van der Waals surface area contributed by atoms with Crippen molar-refractivity contribution in [3.63, 3.8) is 0 Å². The van der Waals surface area contributed by atoms with Gasteiger partial charge in [-0.1, -0.05) is 56.3 Å². The molecule has 0 radical (unpaired) electrons. The zero-order chi connectivity index (χ0) is 19.6. The highest BCUT2D eigenvalue weighted by Gasteiger charge is 2.13. The minimum atomic E-state index is -0.190. The number of anilines is 1. The molecule has 142 valence electrons. The van der Waals surface area contributed by atoms with E-state index in [4.69, 9.17) is 12.2 Å². The van der Waals surface area contributed by atoms with Gasteiger partial charge < -0.3 is 16.0 Å². The normalized spacial score (nSPS) is 10.3. The fourth-order valence-electron chi connectivity index (χ4n) is 2.55. The Morgan fingerprint density at radius 1 is 1.00 bits per heavy atom. The third-order valence-corrected chi connectivity index (χ3v) is 4.01. The second kappa shape index (κ2) is 10.4. The first-order valence-corrected chi connectivity index (χ1v) is 9.38. The Morgan fingerprint density at radius 2 is 1.67 bits per heavy atom. The summed E-state index contributed by atoms with van der Waals surface area (Å²) in [4.78, 5) is 24.4. The molecule has 5 nitrogen and oxygen atoms in total. The smallest absolute Gasteiger partial charge is 0.253 e. The molecule has 2 aromatic rings. The van der Waals surface area contributed by atoms with Crippen LogP contribution in [0.3, 0.4) is 0 Å². The standard InChI is InChI=1S/C21H25N3O2S/c1-15(2)14-19(25)24-21(27)23-18-11-7-6-10-17(18)20(26)22-13-12-16-8-4-3-5-9-16/h3-11,15H,12-14H2,1-2H3,(H,22,26)(H2,23,24,25,27). The lowest BCUT2D eigenvalue weighted by atomic mass is 10.1. The minimum absolute atomic E-state index is 0.146. The van der Waals surface area contributed by atoms with Gasteiger partial charge in [-0.25, -0.2) is 0 Å². The van der Waals surface area contributed by atoms with Gasteiger partial charge in [0, 0.05) is 13.0 Å². The summed E-state index contributed by atoms with van der Waals surface area (Å²) in [6.07, 6.45) is 1.15. The van der Waals surface area contributed by atoms with Gasteiger partial charge in [0.1, 0.15) is 0 Å². The van der Waals surface area contributed by atoms with Crippen LogP contribution in [-0.4, -0.2) is 23.5 Å². The van der Waals surface area contributed by atoms with Gasteiger partial charge in [-0.15, -0.1) is 0 Å². The molecule has 27 heavy (non-hydrogen) atoms. The van der Waals surface area contributed by atoms with Crippen LogP contribution in [0.1, 0.15) is 36.2 Å². The molecule has 2 aromatic carbocycles. The first kappa shape index (κ1) is 20.6. The molecule has 0 spiro atoms. The Kier molecular flexibility index (Phi) is 7.95. The average molecular weight is 384 g/mol. The average Bonchev–Trinajstić information content (AvgIpc) is 2.62. The van der Waals surface area contributed by atoms with E-state index in [1.165, 1.54) is 5.56 Å². The molecular weight excluding hydrogens is 358 g/mol. The van der Waals surface area contributed by atoms with E-state index in [-0.39, 0.29) is 22.8 Å². The van der Waals surface area contributed by atoms with Crippen molar-refractivity contribution in [2.45, 2.75) is 26.7 Å². The molecule has 3 N–H and O–H groups in total. The summed E-state index contributed by atoms with van der Waals surface area (Å²) in [5, 5.41) is 8.69. The van der Waals surface area contributed by atoms with Gasteiger partial charge in [0.15, 0.2) is 5.11 Å². The number of hydrogen-bond donors (Lipinski definition) is 3. The number of para-hydroxylation sites is 1. The molecule has 0 aliphatic rings. The zero-order valence-corrected chi connectivity index (χ0v) is 16.4. The van der Waals surface area contributed by atoms with Crippen LogP contribution in [0.4, 0.5) is 5.69 Å². The lowest BCUT2D eigenvalue weighted by Crippen LogP contribution is -2.35. The van der Waals surface area contributed by atoms with Crippen LogP contribution in [-0.2, 0) is 11.2 Å². The van der Waals surface area contributed by atoms with Crippen molar-refractivity contribution in [1.29, 1.82) is 0 Å². The number of benzene rings is 2. The second-order valence-electron chi connectivity index (χ2n) is 6.64. The number of carbonyl (C=O) groups is 2. The molecule has 0 atom stereocenters. The zero-order valence-electron chi connectivity index (χ0n) is 15.6. The predicted molar refractivity (Wildman–Crippen MR) is 113 cm³/mol. The fourth-order valence-corrected chi connectivity index (χ4v) is 2.78. The largest absolute Gasteiger partial charge is 0.352 e. The van der Waals surface area contributed by atoms with Crippen molar-refractivity contribution in [2.75, 3.05) is 11.9 Å². The summed E-state index contributed by atoms with van der Waals surface area (Å²) in [6.45, 7) is 4.46. The molecule has 0 aliphatic carbocycles. The second-order valence-corrected chi connectivity index (χ2v) is 7.05. The van der Waals surface area contributed by atoms with Crippen molar-refractivity contribution in [3.8, 4) is 0 Å². The third kappa shape index (κ3) is 7.19. The van der Waals surface area contributed by atoms with Crippen LogP contribution >= 0.6 is 12.2 Å². The molecule has 0 aliphatic heterocycles. The van der Waals surface area contributed by atoms with Crippen LogP contribution in [0.5, 0.6) is 0 Å². The number of nitrogens with one attached hydrogen (secondary N) is 3. The molecule has 0 heterocycles. The number of thiocarbonyl (C=S) groups is 1. The summed E-state index contributed by atoms with van der Waals surface area (Å²) < 4.78 is 0. The summed E-state index contributed by atoms with van der Waals surface area (Å²) in [5.41, 5.74) is 2.20. The molecule has 2 rings (SSSR count). The molecule has 0 aromatic heterocycles. The predicted octanol–water partition coefficient (Wildman–Crippen LogP) is 3.52. The monoisotopic (exact) mass is 383 g/mol. The van der Waals surface area contributed by atoms with Gasteiger partial charge in [-0.3, -0.25) is 9.59 Å². The first-order chi connectivity index (χ1) is 13.0. The van der Waals surface area contributed by atoms with E-state index in [0.717, 1.165) is 6.42 Å². The minimum Gasteiger partial charge on any atom is -0.352 e. The Hall–Kier alpha value is -2.73. The van der Waals surface area contributed by atoms with E-state index >= 15 is 0 Å². The van der Waals surface area contributed by atoms with E-state index < -0.39 is 0 Å². The number of rotatable bonds is 7. The van der Waals surface area contributed by atoms with Crippen molar-refractivity contribution in [1.82, 2.24) is 10.6 Å². The SMILES string of the molecule is CC(C)CC(=O)NC(=S)Nc1ccccc1C(=O)NCCc1ccccc1. The highest BCUT2D eigenvalue weighted by atomic mass is 32.1. The number of amides is 2. The Labute approximate surface area is 165 Å². The van der Waals surface area contributed by atoms with E-state index in [2.05, 4.69) is 16.0 Å². The van der Waals surface area contributed by atoms with Crippen molar-refractivity contribution in [2.24, 2.45) is 5.92 Å². The molecule has 2 amide bonds. The van der Waals surface area contributed by atoms with Gasteiger partial charge in [0.25, 0.3) is 5.91 Å². The lowest BCUT2D eigenvalue weighted by Gasteiger charge is -2.14. The number of hydrogen-bond acceptors (Lipinski definition) is 3. The topological polar surface area (TPSA) is 70.2 Å². The van der Waals surface area contributed by atoms with Gasteiger partial charge in [0.05, 0.1) is 11.3 Å². The summed E-state index contributed by atoms with van der Waals surface area (Å²) in [7, 11) is 0. The summed E-state index contributed by atoms with van der Waals surface area (Å²) in [6, 6.07) is 17.0. The van der Waals surface area contributed by atoms with Crippen LogP contribution in [0.25, 0.3) is 0 Å². The maximum Gasteiger partial charge on any atom is 0.253 e. The highest BCUT2D eigenvalue weighted by Crippen LogP contribution is 2.15.